The highest BCUT2D eigenvalue weighted by molar-refractivity contribution is 6.04. The minimum Gasteiger partial charge on any atom is -0.326 e. The molecule has 3 amide bonds. The molecule has 11 heavy (non-hydrogen) atoms. The summed E-state index contributed by atoms with van der Waals surface area (Å²) in [5.74, 6) is -0.185. The van der Waals surface area contributed by atoms with Gasteiger partial charge < -0.3 is 5.32 Å². The average molecular weight is 154 g/mol. The number of rotatable bonds is 2. The van der Waals surface area contributed by atoms with Gasteiger partial charge in [-0.2, -0.15) is 0 Å². The largest absolute Gasteiger partial charge is 0.326 e. The second-order valence-electron chi connectivity index (χ2n) is 2.41. The Balaban J connectivity index is 2.71. The lowest BCUT2D eigenvalue weighted by Gasteiger charge is -2.07. The number of amides is 3. The molecule has 0 spiro atoms. The van der Waals surface area contributed by atoms with Gasteiger partial charge >= 0.3 is 6.03 Å². The Labute approximate surface area is 64.9 Å². The Morgan fingerprint density at radius 3 is 2.73 bits per heavy atom. The maximum Gasteiger partial charge on any atom is 0.325 e. The molecule has 0 aliphatic carbocycles. The molecule has 4 nitrogen and oxygen atoms in total. The van der Waals surface area contributed by atoms with Crippen LogP contribution in [0, 0.1) is 0 Å². The van der Waals surface area contributed by atoms with E-state index in [4.69, 9.17) is 0 Å². The van der Waals surface area contributed by atoms with Crippen LogP contribution in [-0.2, 0) is 4.79 Å². The number of nitrogens with one attached hydrogen (secondary N) is 1. The van der Waals surface area contributed by atoms with Gasteiger partial charge in [-0.15, -0.1) is 6.58 Å². The van der Waals surface area contributed by atoms with Gasteiger partial charge in [-0.05, 0) is 6.92 Å². The number of nitrogens with zero attached hydrogens (tertiary/aromatic N) is 1. The van der Waals surface area contributed by atoms with Gasteiger partial charge in [-0.1, -0.05) is 6.08 Å². The van der Waals surface area contributed by atoms with Gasteiger partial charge in [-0.25, -0.2) is 4.79 Å². The second-order valence-corrected chi connectivity index (χ2v) is 2.41. The monoisotopic (exact) mass is 154 g/mol. The molecule has 1 aliphatic rings. The van der Waals surface area contributed by atoms with Crippen molar-refractivity contribution in [1.29, 1.82) is 0 Å². The Kier molecular flexibility index (Phi) is 1.94. The standard InChI is InChI=1S/C7H10N2O2/c1-3-4-9-6(10)5(2)8-7(9)11/h3,5H,1,4H2,2H3,(H,8,11)/t5-/m0/s1. The van der Waals surface area contributed by atoms with Crippen molar-refractivity contribution >= 4 is 11.9 Å². The van der Waals surface area contributed by atoms with Crippen LogP contribution in [0.3, 0.4) is 0 Å². The third kappa shape index (κ3) is 1.24. The summed E-state index contributed by atoms with van der Waals surface area (Å²) >= 11 is 0. The summed E-state index contributed by atoms with van der Waals surface area (Å²) in [5.41, 5.74) is 0. The molecule has 0 bridgehead atoms. The van der Waals surface area contributed by atoms with E-state index in [1.54, 1.807) is 6.92 Å². The first-order valence-electron chi connectivity index (χ1n) is 3.39. The number of hydrogen-bond acceptors (Lipinski definition) is 2. The van der Waals surface area contributed by atoms with E-state index in [1.165, 1.54) is 6.08 Å². The number of carbonyl (C=O) groups is 2. The van der Waals surface area contributed by atoms with Gasteiger partial charge in [0, 0.05) is 6.54 Å². The van der Waals surface area contributed by atoms with Crippen molar-refractivity contribution in [3.63, 3.8) is 0 Å². The molecule has 1 N–H and O–H groups in total. The van der Waals surface area contributed by atoms with Crippen molar-refractivity contribution in [1.82, 2.24) is 10.2 Å². The maximum absolute atomic E-state index is 11.1. The number of hydrogen-bond donors (Lipinski definition) is 1. The van der Waals surface area contributed by atoms with Crippen LogP contribution in [0.2, 0.25) is 0 Å². The fourth-order valence-electron chi connectivity index (χ4n) is 0.961. The van der Waals surface area contributed by atoms with Crippen molar-refractivity contribution in [3.8, 4) is 0 Å². The van der Waals surface area contributed by atoms with Crippen LogP contribution in [-0.4, -0.2) is 29.4 Å². The smallest absolute Gasteiger partial charge is 0.325 e. The Morgan fingerprint density at radius 2 is 2.36 bits per heavy atom. The molecule has 0 unspecified atom stereocenters. The van der Waals surface area contributed by atoms with E-state index in [1.807, 2.05) is 0 Å². The number of carbonyl (C=O) groups excluding carboxylic acids is 2. The minimum atomic E-state index is -0.387. The van der Waals surface area contributed by atoms with E-state index >= 15 is 0 Å². The van der Waals surface area contributed by atoms with Gasteiger partial charge in [0.2, 0.25) is 0 Å². The van der Waals surface area contributed by atoms with Gasteiger partial charge in [0.25, 0.3) is 5.91 Å². The molecule has 0 aromatic rings. The van der Waals surface area contributed by atoms with Crippen LogP contribution in [0.4, 0.5) is 4.79 Å². The molecule has 1 fully saturated rings. The van der Waals surface area contributed by atoms with E-state index in [2.05, 4.69) is 11.9 Å². The zero-order chi connectivity index (χ0) is 8.43. The van der Waals surface area contributed by atoms with Crippen LogP contribution in [0.5, 0.6) is 0 Å². The summed E-state index contributed by atoms with van der Waals surface area (Å²) in [7, 11) is 0. The van der Waals surface area contributed by atoms with Gasteiger partial charge in [0.05, 0.1) is 0 Å². The zero-order valence-electron chi connectivity index (χ0n) is 6.33. The topological polar surface area (TPSA) is 49.4 Å². The lowest BCUT2D eigenvalue weighted by atomic mass is 10.3. The molecule has 1 atom stereocenters. The van der Waals surface area contributed by atoms with E-state index in [9.17, 15) is 9.59 Å². The van der Waals surface area contributed by atoms with Crippen LogP contribution in [0.25, 0.3) is 0 Å². The molecule has 0 aromatic heterocycles. The van der Waals surface area contributed by atoms with Crippen molar-refractivity contribution < 1.29 is 9.59 Å². The molecule has 1 aliphatic heterocycles. The average Bonchev–Trinajstić information content (AvgIpc) is 2.17. The summed E-state index contributed by atoms with van der Waals surface area (Å²) in [6.45, 7) is 5.39. The molecular formula is C7H10N2O2. The summed E-state index contributed by atoms with van der Waals surface area (Å²) in [5, 5.41) is 2.49. The van der Waals surface area contributed by atoms with Crippen molar-refractivity contribution in [2.24, 2.45) is 0 Å². The maximum atomic E-state index is 11.1. The normalized spacial score (nSPS) is 23.7. The van der Waals surface area contributed by atoms with E-state index in [0.29, 0.717) is 0 Å². The first kappa shape index (κ1) is 7.78. The van der Waals surface area contributed by atoms with Crippen molar-refractivity contribution in [2.75, 3.05) is 6.54 Å². The first-order valence-corrected chi connectivity index (χ1v) is 3.39. The minimum absolute atomic E-state index is 0.185. The Morgan fingerprint density at radius 1 is 1.73 bits per heavy atom. The highest BCUT2D eigenvalue weighted by Gasteiger charge is 2.33. The van der Waals surface area contributed by atoms with Crippen LogP contribution >= 0.6 is 0 Å². The molecule has 0 radical (unpaired) electrons. The fourth-order valence-corrected chi connectivity index (χ4v) is 0.961. The second kappa shape index (κ2) is 2.74. The highest BCUT2D eigenvalue weighted by atomic mass is 16.2. The molecule has 1 rings (SSSR count). The molecule has 1 saturated heterocycles. The highest BCUT2D eigenvalue weighted by Crippen LogP contribution is 2.04. The van der Waals surface area contributed by atoms with Crippen LogP contribution < -0.4 is 5.32 Å². The van der Waals surface area contributed by atoms with Crippen molar-refractivity contribution in [2.45, 2.75) is 13.0 Å². The lowest BCUT2D eigenvalue weighted by molar-refractivity contribution is -0.126. The molecule has 0 saturated carbocycles. The lowest BCUT2D eigenvalue weighted by Crippen LogP contribution is -2.31. The quantitative estimate of drug-likeness (QED) is 0.453. The summed E-state index contributed by atoms with van der Waals surface area (Å²) in [6, 6.07) is -0.718. The van der Waals surface area contributed by atoms with Gasteiger partial charge in [0.15, 0.2) is 0 Å². The third-order valence-electron chi connectivity index (χ3n) is 1.53. The van der Waals surface area contributed by atoms with Crippen LogP contribution in [0.1, 0.15) is 6.92 Å². The SMILES string of the molecule is C=CCN1C(=O)N[C@@H](C)C1=O. The molecule has 4 heteroatoms. The van der Waals surface area contributed by atoms with E-state index < -0.39 is 0 Å². The Bertz CT molecular complexity index is 212. The summed E-state index contributed by atoms with van der Waals surface area (Å²) < 4.78 is 0. The Hall–Kier alpha value is -1.32. The van der Waals surface area contributed by atoms with E-state index in [0.717, 1.165) is 4.90 Å². The molecule has 0 aromatic carbocycles. The van der Waals surface area contributed by atoms with Crippen LogP contribution in [0.15, 0.2) is 12.7 Å². The third-order valence-corrected chi connectivity index (χ3v) is 1.53. The predicted molar refractivity (Wildman–Crippen MR) is 39.9 cm³/mol. The molecule has 1 heterocycles. The molecular weight excluding hydrogens is 144 g/mol. The molecule has 60 valence electrons. The predicted octanol–water partition coefficient (Wildman–Crippen LogP) is 0.113. The summed E-state index contributed by atoms with van der Waals surface area (Å²) in [4.78, 5) is 23.2. The van der Waals surface area contributed by atoms with Gasteiger partial charge in [-0.3, -0.25) is 9.69 Å². The number of imide groups is 1. The zero-order valence-corrected chi connectivity index (χ0v) is 6.33. The summed E-state index contributed by atoms with van der Waals surface area (Å²) in [6.07, 6.45) is 1.52. The first-order chi connectivity index (χ1) is 5.16. The number of urea groups is 1. The fraction of sp³-hybridized carbons (Fsp3) is 0.429. The van der Waals surface area contributed by atoms with E-state index in [-0.39, 0.29) is 24.5 Å². The van der Waals surface area contributed by atoms with Gasteiger partial charge in [0.1, 0.15) is 6.04 Å². The van der Waals surface area contributed by atoms with Crippen molar-refractivity contribution in [3.05, 3.63) is 12.7 Å².